The Morgan fingerprint density at radius 2 is 1.76 bits per heavy atom. The van der Waals surface area contributed by atoms with Crippen molar-refractivity contribution in [3.05, 3.63) is 45.8 Å². The van der Waals surface area contributed by atoms with Crippen LogP contribution in [0.3, 0.4) is 0 Å². The maximum Gasteiger partial charge on any atom is 0.323 e. The van der Waals surface area contributed by atoms with Gasteiger partial charge in [0.1, 0.15) is 5.00 Å². The second kappa shape index (κ2) is 12.2. The number of benzene rings is 1. The number of carbonyl (C=O) groups is 3. The molecule has 10 nitrogen and oxygen atoms in total. The van der Waals surface area contributed by atoms with Crippen molar-refractivity contribution in [2.45, 2.75) is 44.6 Å². The van der Waals surface area contributed by atoms with Gasteiger partial charge < -0.3 is 15.1 Å². The number of hydrogen-bond donors (Lipinski definition) is 2. The maximum atomic E-state index is 13.1. The monoisotopic (exact) mass is 549 g/mol. The van der Waals surface area contributed by atoms with Crippen LogP contribution in [0.5, 0.6) is 0 Å². The van der Waals surface area contributed by atoms with E-state index in [1.165, 1.54) is 58.9 Å². The summed E-state index contributed by atoms with van der Waals surface area (Å²) in [6.45, 7) is 6.00. The highest BCUT2D eigenvalue weighted by atomic mass is 32.2. The van der Waals surface area contributed by atoms with Crippen molar-refractivity contribution in [2.75, 3.05) is 46.1 Å². The summed E-state index contributed by atoms with van der Waals surface area (Å²) in [7, 11) is 1.40. The number of urea groups is 1. The van der Waals surface area contributed by atoms with E-state index < -0.39 is 27.9 Å². The molecule has 1 aromatic carbocycles. The van der Waals surface area contributed by atoms with Gasteiger partial charge >= 0.3 is 6.03 Å². The van der Waals surface area contributed by atoms with Crippen molar-refractivity contribution in [2.24, 2.45) is 0 Å². The van der Waals surface area contributed by atoms with E-state index in [1.54, 1.807) is 6.92 Å². The molecule has 2 aromatic rings. The molecule has 3 rings (SSSR count). The zero-order chi connectivity index (χ0) is 27.3. The van der Waals surface area contributed by atoms with Gasteiger partial charge in [0, 0.05) is 50.7 Å². The van der Waals surface area contributed by atoms with Crippen LogP contribution >= 0.6 is 11.3 Å². The summed E-state index contributed by atoms with van der Waals surface area (Å²) in [6.07, 6.45) is 2.27. The highest BCUT2D eigenvalue weighted by Gasteiger charge is 2.29. The summed E-state index contributed by atoms with van der Waals surface area (Å²) >= 11 is 1.31. The van der Waals surface area contributed by atoms with Crippen molar-refractivity contribution in [3.8, 4) is 0 Å². The van der Waals surface area contributed by atoms with Gasteiger partial charge in [0.2, 0.25) is 10.0 Å². The Morgan fingerprint density at radius 3 is 2.35 bits per heavy atom. The maximum absolute atomic E-state index is 13.1. The first-order chi connectivity index (χ1) is 17.5. The number of sulfonamides is 1. The van der Waals surface area contributed by atoms with E-state index in [-0.39, 0.29) is 10.5 Å². The Balaban J connectivity index is 1.86. The molecule has 0 bridgehead atoms. The van der Waals surface area contributed by atoms with Crippen LogP contribution in [-0.2, 0) is 23.0 Å². The van der Waals surface area contributed by atoms with E-state index in [4.69, 9.17) is 0 Å². The Hall–Kier alpha value is -2.80. The average molecular weight is 550 g/mol. The van der Waals surface area contributed by atoms with E-state index in [9.17, 15) is 22.8 Å². The van der Waals surface area contributed by atoms with Crippen molar-refractivity contribution in [1.82, 2.24) is 19.4 Å². The Bertz CT molecular complexity index is 1260. The molecule has 37 heavy (non-hydrogen) atoms. The largest absolute Gasteiger partial charge is 0.331 e. The van der Waals surface area contributed by atoms with Crippen LogP contribution in [0.4, 0.5) is 9.80 Å². The number of amides is 4. The summed E-state index contributed by atoms with van der Waals surface area (Å²) < 4.78 is 27.4. The number of hydrogen-bond acceptors (Lipinski definition) is 7. The minimum atomic E-state index is -3.66. The average Bonchev–Trinajstić information content (AvgIpc) is 3.21. The van der Waals surface area contributed by atoms with Crippen molar-refractivity contribution in [1.29, 1.82) is 0 Å². The van der Waals surface area contributed by atoms with Gasteiger partial charge in [0.25, 0.3) is 11.8 Å². The lowest BCUT2D eigenvalue weighted by molar-refractivity contribution is 0.0956. The van der Waals surface area contributed by atoms with Gasteiger partial charge in [-0.05, 0) is 49.7 Å². The fourth-order valence-electron chi connectivity index (χ4n) is 4.02. The molecular formula is C25H35N5O5S2. The molecule has 1 aliphatic heterocycles. The number of carbonyl (C=O) groups excluding carboxylic acids is 3. The van der Waals surface area contributed by atoms with Gasteiger partial charge in [0.15, 0.2) is 0 Å². The van der Waals surface area contributed by atoms with Gasteiger partial charge in [-0.25, -0.2) is 13.2 Å². The number of rotatable bonds is 9. The first-order valence-corrected chi connectivity index (χ1v) is 14.5. The molecule has 0 radical (unpaired) electrons. The molecule has 1 aliphatic rings. The van der Waals surface area contributed by atoms with Crippen molar-refractivity contribution < 1.29 is 22.8 Å². The SMILES string of the molecule is CCCCN(CC)S(=O)(=O)c1ccc(C(=O)Nc2sc3c(c2C(=O)NC(=O)N(C)C)CCN(C)C3)cc1. The molecule has 0 fully saturated rings. The second-order valence-electron chi connectivity index (χ2n) is 9.18. The van der Waals surface area contributed by atoms with Gasteiger partial charge in [-0.15, -0.1) is 11.3 Å². The first-order valence-electron chi connectivity index (χ1n) is 12.3. The molecule has 0 atom stereocenters. The van der Waals surface area contributed by atoms with Crippen LogP contribution in [0.2, 0.25) is 0 Å². The number of imide groups is 1. The fraction of sp³-hybridized carbons (Fsp3) is 0.480. The molecular weight excluding hydrogens is 514 g/mol. The van der Waals surface area contributed by atoms with E-state index in [2.05, 4.69) is 15.5 Å². The Labute approximate surface area is 222 Å². The molecule has 2 N–H and O–H groups in total. The summed E-state index contributed by atoms with van der Waals surface area (Å²) in [5.41, 5.74) is 1.38. The Kier molecular flexibility index (Phi) is 9.46. The van der Waals surface area contributed by atoms with E-state index in [0.29, 0.717) is 36.6 Å². The van der Waals surface area contributed by atoms with Crippen LogP contribution in [0.15, 0.2) is 29.2 Å². The molecule has 2 heterocycles. The number of likely N-dealkylation sites (N-methyl/N-ethyl adjacent to an activating group) is 1. The number of fused-ring (bicyclic) bond motifs is 1. The lowest BCUT2D eigenvalue weighted by Gasteiger charge is -2.22. The van der Waals surface area contributed by atoms with Crippen LogP contribution < -0.4 is 10.6 Å². The van der Waals surface area contributed by atoms with Crippen molar-refractivity contribution in [3.63, 3.8) is 0 Å². The Morgan fingerprint density at radius 1 is 1.08 bits per heavy atom. The number of unbranched alkanes of at least 4 members (excludes halogenated alkanes) is 1. The third-order valence-electron chi connectivity index (χ3n) is 6.20. The highest BCUT2D eigenvalue weighted by molar-refractivity contribution is 7.89. The molecule has 4 amide bonds. The second-order valence-corrected chi connectivity index (χ2v) is 12.2. The molecule has 0 saturated carbocycles. The molecule has 12 heteroatoms. The predicted molar refractivity (Wildman–Crippen MR) is 145 cm³/mol. The van der Waals surface area contributed by atoms with Gasteiger partial charge in [0.05, 0.1) is 10.5 Å². The number of anilines is 1. The third-order valence-corrected chi connectivity index (χ3v) is 9.32. The quantitative estimate of drug-likeness (QED) is 0.496. The molecule has 1 aromatic heterocycles. The topological polar surface area (TPSA) is 119 Å². The number of nitrogens with one attached hydrogen (secondary N) is 2. The summed E-state index contributed by atoms with van der Waals surface area (Å²) in [4.78, 5) is 42.7. The van der Waals surface area contributed by atoms with Gasteiger partial charge in [-0.1, -0.05) is 20.3 Å². The third kappa shape index (κ3) is 6.56. The zero-order valence-electron chi connectivity index (χ0n) is 22.0. The minimum absolute atomic E-state index is 0.124. The van der Waals surface area contributed by atoms with Crippen LogP contribution in [0.25, 0.3) is 0 Å². The summed E-state index contributed by atoms with van der Waals surface area (Å²) in [5, 5.41) is 5.55. The molecule has 0 saturated heterocycles. The summed E-state index contributed by atoms with van der Waals surface area (Å²) in [6, 6.07) is 5.23. The van der Waals surface area contributed by atoms with Gasteiger partial charge in [-0.3, -0.25) is 14.9 Å². The lowest BCUT2D eigenvalue weighted by Crippen LogP contribution is -2.39. The first kappa shape index (κ1) is 28.8. The minimum Gasteiger partial charge on any atom is -0.331 e. The smallest absolute Gasteiger partial charge is 0.323 e. The van der Waals surface area contributed by atoms with E-state index in [0.717, 1.165) is 29.8 Å². The van der Waals surface area contributed by atoms with Crippen LogP contribution in [0, 0.1) is 0 Å². The molecule has 202 valence electrons. The summed E-state index contributed by atoms with van der Waals surface area (Å²) in [5.74, 6) is -1.04. The van der Waals surface area contributed by atoms with Crippen molar-refractivity contribution >= 4 is 44.2 Å². The highest BCUT2D eigenvalue weighted by Crippen LogP contribution is 2.37. The van der Waals surface area contributed by atoms with E-state index >= 15 is 0 Å². The molecule has 0 aliphatic carbocycles. The lowest BCUT2D eigenvalue weighted by atomic mass is 10.0. The van der Waals surface area contributed by atoms with Crippen LogP contribution in [-0.4, -0.2) is 81.1 Å². The standard InChI is InChI=1S/C25H35N5O5S2/c1-6-8-14-30(7-2)37(34,35)18-11-9-17(10-12-18)22(31)26-24-21(23(32)27-25(33)28(3)4)19-13-15-29(5)16-20(19)36-24/h9-12H,6-8,13-16H2,1-5H3,(H,26,31)(H,27,32,33). The predicted octanol–water partition coefficient (Wildman–Crippen LogP) is 3.21. The molecule has 0 spiro atoms. The van der Waals surface area contributed by atoms with Crippen LogP contribution in [0.1, 0.15) is 57.8 Å². The molecule has 0 unspecified atom stereocenters. The number of nitrogens with zero attached hydrogens (tertiary/aromatic N) is 3. The van der Waals surface area contributed by atoms with E-state index in [1.807, 2.05) is 14.0 Å². The normalized spacial score (nSPS) is 13.8. The zero-order valence-corrected chi connectivity index (χ0v) is 23.6. The number of thiophene rings is 1. The fourth-order valence-corrected chi connectivity index (χ4v) is 6.82. The van der Waals surface area contributed by atoms with Gasteiger partial charge in [-0.2, -0.15) is 4.31 Å².